The zero-order valence-corrected chi connectivity index (χ0v) is 19.9. The van der Waals surface area contributed by atoms with Gasteiger partial charge in [-0.25, -0.2) is 0 Å². The Bertz CT molecular complexity index is 325. The first-order chi connectivity index (χ1) is 13.8. The number of hydrogen-bond acceptors (Lipinski definition) is 0. The van der Waals surface area contributed by atoms with Crippen molar-refractivity contribution in [1.29, 1.82) is 0 Å². The summed E-state index contributed by atoms with van der Waals surface area (Å²) in [6.07, 6.45) is 25.3. The lowest BCUT2D eigenvalue weighted by Gasteiger charge is -2.49. The van der Waals surface area contributed by atoms with Crippen molar-refractivity contribution >= 4 is 0 Å². The molecule has 0 heterocycles. The fourth-order valence-corrected chi connectivity index (χ4v) is 8.57. The van der Waals surface area contributed by atoms with Crippen molar-refractivity contribution in [2.75, 3.05) is 0 Å². The Hall–Kier alpha value is 0. The maximum atomic E-state index is 2.00. The zero-order chi connectivity index (χ0) is 19.9. The summed E-state index contributed by atoms with van der Waals surface area (Å²) in [5.74, 6) is 9.33. The molecular formula is C28H52. The Balaban J connectivity index is 0.000000141. The monoisotopic (exact) mass is 388 g/mol. The van der Waals surface area contributed by atoms with Crippen molar-refractivity contribution in [3.63, 3.8) is 0 Å². The van der Waals surface area contributed by atoms with E-state index in [1.807, 2.05) is 27.7 Å². The van der Waals surface area contributed by atoms with E-state index in [1.165, 1.54) is 23.7 Å². The third-order valence-electron chi connectivity index (χ3n) is 9.34. The normalized spacial score (nSPS) is 45.0. The Labute approximate surface area is 178 Å². The van der Waals surface area contributed by atoms with E-state index in [0.29, 0.717) is 0 Å². The highest BCUT2D eigenvalue weighted by molar-refractivity contribution is 4.93. The smallest absolute Gasteiger partial charge is 0.0383 e. The highest BCUT2D eigenvalue weighted by atomic mass is 14.5. The van der Waals surface area contributed by atoms with Gasteiger partial charge in [-0.15, -0.1) is 0 Å². The first-order valence-corrected chi connectivity index (χ1v) is 13.8. The molecule has 7 aliphatic rings. The molecule has 0 radical (unpaired) electrons. The molecule has 0 spiro atoms. The van der Waals surface area contributed by atoms with E-state index < -0.39 is 0 Å². The van der Waals surface area contributed by atoms with E-state index >= 15 is 0 Å². The van der Waals surface area contributed by atoms with Gasteiger partial charge in [-0.3, -0.25) is 0 Å². The predicted octanol–water partition coefficient (Wildman–Crippen LogP) is 9.28. The summed E-state index contributed by atoms with van der Waals surface area (Å²) in [6, 6.07) is 0. The summed E-state index contributed by atoms with van der Waals surface area (Å²) >= 11 is 0. The van der Waals surface area contributed by atoms with Crippen LogP contribution < -0.4 is 0 Å². The molecular weight excluding hydrogens is 336 g/mol. The van der Waals surface area contributed by atoms with Gasteiger partial charge in [-0.2, -0.15) is 0 Å². The average Bonchev–Trinajstić information content (AvgIpc) is 2.75. The van der Waals surface area contributed by atoms with Gasteiger partial charge in [0.1, 0.15) is 0 Å². The van der Waals surface area contributed by atoms with Gasteiger partial charge in [0.2, 0.25) is 0 Å². The molecule has 7 rings (SSSR count). The van der Waals surface area contributed by atoms with Crippen LogP contribution in [0.15, 0.2) is 0 Å². The second kappa shape index (κ2) is 11.4. The van der Waals surface area contributed by atoms with Crippen LogP contribution in [0.1, 0.15) is 130 Å². The molecule has 7 fully saturated rings. The molecule has 0 nitrogen and oxygen atoms in total. The van der Waals surface area contributed by atoms with Crippen LogP contribution in [0.3, 0.4) is 0 Å². The summed E-state index contributed by atoms with van der Waals surface area (Å²) in [5.41, 5.74) is 0. The van der Waals surface area contributed by atoms with Crippen molar-refractivity contribution in [1.82, 2.24) is 0 Å². The van der Waals surface area contributed by atoms with Gasteiger partial charge in [0, 0.05) is 0 Å². The molecule has 0 amide bonds. The standard InChI is InChI=1S/C14H24.C10H16.2C2H6/c1-2-6-12-10-14-8-4-3-7-13(14)9-11(12)5-1;1-7-2-9-4-8(1)5-10(3-7)6-9;2*1-2/h11-14H,1-10H2;7-10H,1-6H2;2*1-2H3. The van der Waals surface area contributed by atoms with Crippen molar-refractivity contribution in [3.05, 3.63) is 0 Å². The highest BCUT2D eigenvalue weighted by Crippen LogP contribution is 2.53. The first-order valence-electron chi connectivity index (χ1n) is 13.8. The maximum Gasteiger partial charge on any atom is -0.0383 e. The molecule has 0 aromatic rings. The summed E-state index contributed by atoms with van der Waals surface area (Å²) < 4.78 is 0. The van der Waals surface area contributed by atoms with E-state index in [4.69, 9.17) is 0 Å². The summed E-state index contributed by atoms with van der Waals surface area (Å²) in [6.45, 7) is 8.00. The second-order valence-corrected chi connectivity index (χ2v) is 11.0. The van der Waals surface area contributed by atoms with Crippen LogP contribution in [0, 0.1) is 47.3 Å². The highest BCUT2D eigenvalue weighted by Gasteiger charge is 2.42. The molecule has 4 bridgehead atoms. The molecule has 164 valence electrons. The number of hydrogen-bond donors (Lipinski definition) is 0. The number of rotatable bonds is 0. The zero-order valence-electron chi connectivity index (χ0n) is 19.9. The minimum absolute atomic E-state index is 1.16. The minimum atomic E-state index is 1.16. The van der Waals surface area contributed by atoms with E-state index in [0.717, 1.165) is 23.7 Å². The quantitative estimate of drug-likeness (QED) is 0.388. The second-order valence-electron chi connectivity index (χ2n) is 11.0. The lowest BCUT2D eigenvalue weighted by molar-refractivity contribution is 0.0198. The van der Waals surface area contributed by atoms with Crippen molar-refractivity contribution < 1.29 is 0 Å². The van der Waals surface area contributed by atoms with E-state index in [2.05, 4.69) is 0 Å². The van der Waals surface area contributed by atoms with Crippen LogP contribution in [0.5, 0.6) is 0 Å². The van der Waals surface area contributed by atoms with Gasteiger partial charge in [-0.05, 0) is 98.7 Å². The Morgan fingerprint density at radius 3 is 0.750 bits per heavy atom. The predicted molar refractivity (Wildman–Crippen MR) is 124 cm³/mol. The molecule has 0 aromatic heterocycles. The van der Waals surface area contributed by atoms with E-state index in [1.54, 1.807) is 103 Å². The SMILES string of the molecule is C1C2CC3CC1CC(C2)C3.C1CCC2CC3CCCCC3CC2C1.CC.CC. The van der Waals surface area contributed by atoms with Gasteiger partial charge in [-0.1, -0.05) is 79.1 Å². The van der Waals surface area contributed by atoms with Gasteiger partial charge in [0.25, 0.3) is 0 Å². The van der Waals surface area contributed by atoms with Gasteiger partial charge in [0.15, 0.2) is 0 Å². The molecule has 0 heteroatoms. The van der Waals surface area contributed by atoms with Crippen molar-refractivity contribution in [2.45, 2.75) is 130 Å². The van der Waals surface area contributed by atoms with Crippen LogP contribution in [0.25, 0.3) is 0 Å². The Morgan fingerprint density at radius 1 is 0.321 bits per heavy atom. The molecule has 28 heavy (non-hydrogen) atoms. The van der Waals surface area contributed by atoms with Crippen molar-refractivity contribution in [2.24, 2.45) is 47.3 Å². The summed E-state index contributed by atoms with van der Waals surface area (Å²) in [5, 5.41) is 0. The maximum absolute atomic E-state index is 2.00. The molecule has 7 aliphatic carbocycles. The Kier molecular flexibility index (Phi) is 9.24. The Morgan fingerprint density at radius 2 is 0.536 bits per heavy atom. The lowest BCUT2D eigenvalue weighted by Crippen LogP contribution is -2.38. The number of fused-ring (bicyclic) bond motifs is 2. The molecule has 4 unspecified atom stereocenters. The molecule has 0 aliphatic heterocycles. The van der Waals surface area contributed by atoms with Crippen LogP contribution in [0.2, 0.25) is 0 Å². The van der Waals surface area contributed by atoms with E-state index in [-0.39, 0.29) is 0 Å². The van der Waals surface area contributed by atoms with Crippen LogP contribution >= 0.6 is 0 Å². The third kappa shape index (κ3) is 5.57. The minimum Gasteiger partial charge on any atom is -0.0683 e. The van der Waals surface area contributed by atoms with Crippen LogP contribution in [0.4, 0.5) is 0 Å². The molecule has 4 atom stereocenters. The summed E-state index contributed by atoms with van der Waals surface area (Å²) in [4.78, 5) is 0. The van der Waals surface area contributed by atoms with Crippen molar-refractivity contribution in [3.8, 4) is 0 Å². The molecule has 0 aromatic carbocycles. The molecule has 0 N–H and O–H groups in total. The van der Waals surface area contributed by atoms with Gasteiger partial charge in [0.05, 0.1) is 0 Å². The van der Waals surface area contributed by atoms with Crippen LogP contribution in [-0.2, 0) is 0 Å². The van der Waals surface area contributed by atoms with Crippen LogP contribution in [-0.4, -0.2) is 0 Å². The fraction of sp³-hybridized carbons (Fsp3) is 1.00. The molecule has 7 saturated carbocycles. The molecule has 0 saturated heterocycles. The summed E-state index contributed by atoms with van der Waals surface area (Å²) in [7, 11) is 0. The third-order valence-corrected chi connectivity index (χ3v) is 9.34. The van der Waals surface area contributed by atoms with E-state index in [9.17, 15) is 0 Å². The lowest BCUT2D eigenvalue weighted by atomic mass is 9.56. The van der Waals surface area contributed by atoms with Gasteiger partial charge >= 0.3 is 0 Å². The van der Waals surface area contributed by atoms with Gasteiger partial charge < -0.3 is 0 Å². The fourth-order valence-electron chi connectivity index (χ4n) is 8.57. The first kappa shape index (κ1) is 22.7. The average molecular weight is 389 g/mol. The largest absolute Gasteiger partial charge is 0.0683 e. The topological polar surface area (TPSA) is 0 Å².